The molecule has 0 atom stereocenters. The van der Waals surface area contributed by atoms with Crippen molar-refractivity contribution >= 4 is 16.7 Å². The van der Waals surface area contributed by atoms with Crippen molar-refractivity contribution in [3.8, 4) is 5.75 Å². The molecular formula is C17H18O2. The fraction of sp³-hybridized carbons (Fsp3) is 0.353. The zero-order valence-corrected chi connectivity index (χ0v) is 11.0. The molecule has 1 aliphatic rings. The molecule has 1 aliphatic carbocycles. The number of hydrogen-bond donors (Lipinski definition) is 0. The molecule has 2 aromatic rings. The first-order valence-electron chi connectivity index (χ1n) is 7.04. The third kappa shape index (κ3) is 2.62. The number of carbonyl (C=O) groups excluding carboxylic acids is 1. The van der Waals surface area contributed by atoms with E-state index in [1.165, 1.54) is 6.42 Å². The molecule has 0 radical (unpaired) electrons. The maximum atomic E-state index is 12.2. The van der Waals surface area contributed by atoms with Crippen molar-refractivity contribution in [1.29, 1.82) is 0 Å². The van der Waals surface area contributed by atoms with Gasteiger partial charge >= 0.3 is 5.97 Å². The maximum absolute atomic E-state index is 12.2. The highest BCUT2D eigenvalue weighted by Crippen LogP contribution is 2.29. The van der Waals surface area contributed by atoms with Gasteiger partial charge in [-0.2, -0.15) is 0 Å². The Morgan fingerprint density at radius 3 is 2.53 bits per heavy atom. The van der Waals surface area contributed by atoms with Crippen LogP contribution in [0, 0.1) is 5.92 Å². The summed E-state index contributed by atoms with van der Waals surface area (Å²) in [4.78, 5) is 12.2. The summed E-state index contributed by atoms with van der Waals surface area (Å²) in [6, 6.07) is 13.9. The molecule has 1 fully saturated rings. The van der Waals surface area contributed by atoms with Crippen LogP contribution in [0.25, 0.3) is 10.8 Å². The van der Waals surface area contributed by atoms with Crippen LogP contribution in [-0.2, 0) is 4.79 Å². The molecule has 0 saturated heterocycles. The lowest BCUT2D eigenvalue weighted by Gasteiger charge is -2.20. The second-order valence-electron chi connectivity index (χ2n) is 5.23. The number of esters is 1. The van der Waals surface area contributed by atoms with Crippen LogP contribution in [0.3, 0.4) is 0 Å². The Morgan fingerprint density at radius 2 is 1.68 bits per heavy atom. The Kier molecular flexibility index (Phi) is 3.49. The van der Waals surface area contributed by atoms with Crippen LogP contribution in [0.4, 0.5) is 0 Å². The van der Waals surface area contributed by atoms with Gasteiger partial charge in [0.1, 0.15) is 5.75 Å². The van der Waals surface area contributed by atoms with Gasteiger partial charge in [-0.25, -0.2) is 0 Å². The summed E-state index contributed by atoms with van der Waals surface area (Å²) in [6.07, 6.45) is 5.50. The van der Waals surface area contributed by atoms with Crippen LogP contribution >= 0.6 is 0 Å². The van der Waals surface area contributed by atoms with E-state index in [4.69, 9.17) is 4.74 Å². The van der Waals surface area contributed by atoms with Crippen LogP contribution in [-0.4, -0.2) is 5.97 Å². The van der Waals surface area contributed by atoms with E-state index >= 15 is 0 Å². The molecule has 0 heterocycles. The van der Waals surface area contributed by atoms with Gasteiger partial charge in [-0.05, 0) is 24.3 Å². The van der Waals surface area contributed by atoms with Gasteiger partial charge in [0.05, 0.1) is 5.92 Å². The number of benzene rings is 2. The van der Waals surface area contributed by atoms with Gasteiger partial charge in [0.2, 0.25) is 0 Å². The summed E-state index contributed by atoms with van der Waals surface area (Å²) < 4.78 is 5.63. The van der Waals surface area contributed by atoms with E-state index in [1.807, 2.05) is 42.5 Å². The van der Waals surface area contributed by atoms with Crippen molar-refractivity contribution in [3.63, 3.8) is 0 Å². The van der Waals surface area contributed by atoms with Crippen molar-refractivity contribution < 1.29 is 9.53 Å². The number of carbonyl (C=O) groups is 1. The van der Waals surface area contributed by atoms with Gasteiger partial charge in [0, 0.05) is 5.39 Å². The zero-order chi connectivity index (χ0) is 13.1. The predicted molar refractivity (Wildman–Crippen MR) is 76.2 cm³/mol. The summed E-state index contributed by atoms with van der Waals surface area (Å²) in [5.74, 6) is 0.720. The third-order valence-corrected chi connectivity index (χ3v) is 3.90. The molecule has 0 N–H and O–H groups in total. The number of fused-ring (bicyclic) bond motifs is 1. The van der Waals surface area contributed by atoms with Gasteiger partial charge in [0.25, 0.3) is 0 Å². The summed E-state index contributed by atoms with van der Waals surface area (Å²) in [6.45, 7) is 0. The Bertz CT molecular complexity index is 577. The van der Waals surface area contributed by atoms with Crippen LogP contribution < -0.4 is 4.74 Å². The Balaban J connectivity index is 1.82. The molecule has 19 heavy (non-hydrogen) atoms. The second kappa shape index (κ2) is 5.43. The highest BCUT2D eigenvalue weighted by Gasteiger charge is 2.23. The molecule has 2 nitrogen and oxygen atoms in total. The van der Waals surface area contributed by atoms with E-state index < -0.39 is 0 Å². The largest absolute Gasteiger partial charge is 0.426 e. The van der Waals surface area contributed by atoms with Crippen molar-refractivity contribution in [1.82, 2.24) is 0 Å². The van der Waals surface area contributed by atoms with E-state index in [-0.39, 0.29) is 11.9 Å². The molecule has 2 aromatic carbocycles. The van der Waals surface area contributed by atoms with E-state index in [1.54, 1.807) is 0 Å². The minimum Gasteiger partial charge on any atom is -0.426 e. The topological polar surface area (TPSA) is 26.3 Å². The molecular weight excluding hydrogens is 236 g/mol. The normalized spacial score (nSPS) is 16.4. The summed E-state index contributed by atoms with van der Waals surface area (Å²) in [5, 5.41) is 2.12. The van der Waals surface area contributed by atoms with Gasteiger partial charge in [-0.1, -0.05) is 55.7 Å². The maximum Gasteiger partial charge on any atom is 0.314 e. The zero-order valence-electron chi connectivity index (χ0n) is 11.0. The number of hydrogen-bond acceptors (Lipinski definition) is 2. The lowest BCUT2D eigenvalue weighted by molar-refractivity contribution is -0.139. The van der Waals surface area contributed by atoms with Crippen LogP contribution in [0.1, 0.15) is 32.1 Å². The first-order chi connectivity index (χ1) is 9.34. The van der Waals surface area contributed by atoms with Crippen molar-refractivity contribution in [2.75, 3.05) is 0 Å². The molecule has 0 aliphatic heterocycles. The van der Waals surface area contributed by atoms with Gasteiger partial charge in [0.15, 0.2) is 0 Å². The van der Waals surface area contributed by atoms with Crippen molar-refractivity contribution in [2.24, 2.45) is 5.92 Å². The first kappa shape index (κ1) is 12.2. The lowest BCUT2D eigenvalue weighted by atomic mass is 9.89. The number of rotatable bonds is 2. The fourth-order valence-corrected chi connectivity index (χ4v) is 2.81. The van der Waals surface area contributed by atoms with Crippen LogP contribution in [0.15, 0.2) is 42.5 Å². The first-order valence-corrected chi connectivity index (χ1v) is 7.04. The molecule has 0 amide bonds. The van der Waals surface area contributed by atoms with Crippen molar-refractivity contribution in [2.45, 2.75) is 32.1 Å². The summed E-state index contributed by atoms with van der Waals surface area (Å²) in [7, 11) is 0. The van der Waals surface area contributed by atoms with Gasteiger partial charge < -0.3 is 4.74 Å². The monoisotopic (exact) mass is 254 g/mol. The van der Waals surface area contributed by atoms with Gasteiger partial charge in [-0.15, -0.1) is 0 Å². The summed E-state index contributed by atoms with van der Waals surface area (Å²) >= 11 is 0. The fourth-order valence-electron chi connectivity index (χ4n) is 2.81. The molecule has 0 bridgehead atoms. The second-order valence-corrected chi connectivity index (χ2v) is 5.23. The molecule has 3 rings (SSSR count). The molecule has 98 valence electrons. The smallest absolute Gasteiger partial charge is 0.314 e. The summed E-state index contributed by atoms with van der Waals surface area (Å²) in [5.41, 5.74) is 0. The predicted octanol–water partition coefficient (Wildman–Crippen LogP) is 4.33. The van der Waals surface area contributed by atoms with E-state index in [0.717, 1.165) is 36.5 Å². The van der Waals surface area contributed by atoms with Crippen LogP contribution in [0.5, 0.6) is 5.75 Å². The van der Waals surface area contributed by atoms with Crippen LogP contribution in [0.2, 0.25) is 0 Å². The molecule has 0 aromatic heterocycles. The Labute approximate surface area is 113 Å². The molecule has 2 heteroatoms. The van der Waals surface area contributed by atoms with Gasteiger partial charge in [-0.3, -0.25) is 4.79 Å². The molecule has 0 spiro atoms. The Morgan fingerprint density at radius 1 is 0.947 bits per heavy atom. The highest BCUT2D eigenvalue weighted by atomic mass is 16.5. The average molecular weight is 254 g/mol. The highest BCUT2D eigenvalue weighted by molar-refractivity contribution is 5.90. The average Bonchev–Trinajstić information content (AvgIpc) is 2.48. The van der Waals surface area contributed by atoms with E-state index in [0.29, 0.717) is 5.75 Å². The minimum atomic E-state index is -0.0592. The van der Waals surface area contributed by atoms with Crippen molar-refractivity contribution in [3.05, 3.63) is 42.5 Å². The Hall–Kier alpha value is -1.83. The molecule has 0 unspecified atom stereocenters. The minimum absolute atomic E-state index is 0.0592. The standard InChI is InChI=1S/C17H18O2/c18-17(14-8-2-1-3-9-14)19-16-12-6-10-13-7-4-5-11-15(13)16/h4-7,10-12,14H,1-3,8-9H2. The lowest BCUT2D eigenvalue weighted by Crippen LogP contribution is -2.22. The number of ether oxygens (including phenoxy) is 1. The SMILES string of the molecule is O=C(Oc1cccc2ccccc12)C1CCCCC1. The quantitative estimate of drug-likeness (QED) is 0.589. The molecule has 1 saturated carbocycles. The third-order valence-electron chi connectivity index (χ3n) is 3.90. The van der Waals surface area contributed by atoms with E-state index in [2.05, 4.69) is 0 Å². The van der Waals surface area contributed by atoms with E-state index in [9.17, 15) is 4.79 Å².